The number of rotatable bonds is 5. The van der Waals surface area contributed by atoms with Gasteiger partial charge < -0.3 is 0 Å². The molecule has 230 valence electrons. The van der Waals surface area contributed by atoms with Crippen molar-refractivity contribution in [3.05, 3.63) is 187 Å². The third-order valence-electron chi connectivity index (χ3n) is 7.89. The number of halogens is 2. The summed E-state index contributed by atoms with van der Waals surface area (Å²) in [6.07, 6.45) is 3.42. The fraction of sp³-hybridized carbons (Fsp3) is 0.0930. The molecule has 0 spiro atoms. The smallest absolute Gasteiger partial charge is 0.121 e. The van der Waals surface area contributed by atoms with Crippen LogP contribution in [0.25, 0.3) is 33.0 Å². The number of hydrogen-bond donors (Lipinski definition) is 0. The summed E-state index contributed by atoms with van der Waals surface area (Å²) in [5.41, 5.74) is 9.61. The molecular formula is C43H36Cl2SiZr. The Kier molecular flexibility index (Phi) is 14.0. The molecule has 0 saturated heterocycles. The van der Waals surface area contributed by atoms with Crippen LogP contribution in [-0.4, -0.2) is 9.52 Å². The molecule has 0 saturated carbocycles. The Balaban J connectivity index is 0.000000135. The van der Waals surface area contributed by atoms with Gasteiger partial charge in [0.05, 0.1) is 0 Å². The summed E-state index contributed by atoms with van der Waals surface area (Å²) in [7, 11) is 10.6. The molecule has 47 heavy (non-hydrogen) atoms. The van der Waals surface area contributed by atoms with Gasteiger partial charge in [-0.2, -0.15) is 35.9 Å². The molecule has 4 heteroatoms. The van der Waals surface area contributed by atoms with E-state index in [0.717, 1.165) is 15.9 Å². The van der Waals surface area contributed by atoms with E-state index in [1.54, 1.807) is 0 Å². The van der Waals surface area contributed by atoms with Crippen molar-refractivity contribution < 1.29 is 20.8 Å². The van der Waals surface area contributed by atoms with E-state index >= 15 is 0 Å². The van der Waals surface area contributed by atoms with Gasteiger partial charge in [0, 0.05) is 0 Å². The average Bonchev–Trinajstić information content (AvgIpc) is 3.72. The van der Waals surface area contributed by atoms with Crippen LogP contribution < -0.4 is 10.4 Å². The zero-order valence-electron chi connectivity index (χ0n) is 26.5. The molecule has 7 aromatic carbocycles. The van der Waals surface area contributed by atoms with Gasteiger partial charge in [0.25, 0.3) is 0 Å². The first-order valence-electron chi connectivity index (χ1n) is 15.8. The van der Waals surface area contributed by atoms with Gasteiger partial charge in [-0.1, -0.05) is 162 Å². The minimum absolute atomic E-state index is 0.777. The summed E-state index contributed by atoms with van der Waals surface area (Å²) in [4.78, 5) is 0. The van der Waals surface area contributed by atoms with Gasteiger partial charge in [0.2, 0.25) is 0 Å². The zero-order valence-corrected chi connectivity index (χ0v) is 31.4. The third-order valence-corrected chi connectivity index (χ3v) is 9.13. The van der Waals surface area contributed by atoms with Gasteiger partial charge in [-0.05, 0) is 18.4 Å². The Morgan fingerprint density at radius 1 is 0.660 bits per heavy atom. The van der Waals surface area contributed by atoms with Crippen LogP contribution in [0.3, 0.4) is 0 Å². The van der Waals surface area contributed by atoms with E-state index in [1.165, 1.54) is 72.9 Å². The molecular weight excluding hydrogens is 707 g/mol. The molecule has 0 heterocycles. The van der Waals surface area contributed by atoms with Crippen LogP contribution >= 0.6 is 17.0 Å². The summed E-state index contributed by atoms with van der Waals surface area (Å²) >= 11 is -0.826. The second kappa shape index (κ2) is 18.8. The van der Waals surface area contributed by atoms with Crippen molar-refractivity contribution in [2.24, 2.45) is 0 Å². The van der Waals surface area contributed by atoms with Crippen molar-refractivity contribution >= 4 is 47.7 Å². The molecule has 0 bridgehead atoms. The normalized spacial score (nSPS) is 10.5. The van der Waals surface area contributed by atoms with Crippen LogP contribution in [0.1, 0.15) is 30.0 Å². The van der Waals surface area contributed by atoms with Crippen LogP contribution in [0.5, 0.6) is 0 Å². The maximum atomic E-state index is 4.93. The van der Waals surface area contributed by atoms with E-state index in [9.17, 15) is 0 Å². The second-order valence-electron chi connectivity index (χ2n) is 11.1. The molecule has 2 radical (unpaired) electrons. The Morgan fingerprint density at radius 3 is 1.89 bits per heavy atom. The standard InChI is InChI=1S/C18H17.C13H9.C12H10Si.2ClH.Zr/c1-2-7-14-12-16-10-6-11-17(18(16)13-14)15-8-4-3-5-9-15;1-3-7-12-10(5-1)9-11-6-2-4-8-13(11)12;1-3-7-11(8-4-1)13-12-9-5-2-6-10-12;;;/h3-6,8-13H,2,7H2,1H3;1-5,7-8H,9H2;1-10H;2*1H;/q2*-1;;;;+4/p-2. The summed E-state index contributed by atoms with van der Waals surface area (Å²) in [5, 5.41) is 5.54. The third kappa shape index (κ3) is 10.1. The van der Waals surface area contributed by atoms with E-state index in [0.29, 0.717) is 0 Å². The summed E-state index contributed by atoms with van der Waals surface area (Å²) < 4.78 is 0. The predicted molar refractivity (Wildman–Crippen MR) is 202 cm³/mol. The van der Waals surface area contributed by atoms with Gasteiger partial charge in [0.1, 0.15) is 9.52 Å². The minimum Gasteiger partial charge on any atom is -0.179 e. The molecule has 7 aromatic rings. The van der Waals surface area contributed by atoms with Crippen LogP contribution in [0.4, 0.5) is 0 Å². The molecule has 1 aliphatic carbocycles. The number of hydrogen-bond acceptors (Lipinski definition) is 0. The van der Waals surface area contributed by atoms with Crippen LogP contribution in [-0.2, 0) is 33.7 Å². The molecule has 0 fully saturated rings. The Morgan fingerprint density at radius 2 is 1.23 bits per heavy atom. The first kappa shape index (κ1) is 34.9. The Hall–Kier alpha value is -3.39. The van der Waals surface area contributed by atoms with Gasteiger partial charge >= 0.3 is 37.9 Å². The zero-order chi connectivity index (χ0) is 32.7. The van der Waals surface area contributed by atoms with E-state index in [1.807, 2.05) is 6.07 Å². The molecule has 0 nitrogen and oxygen atoms in total. The maximum absolute atomic E-state index is 4.93. The SMILES string of the molecule is CCCc1cc2c(-c3ccccc3)cccc2[cH-]1.[Cl][Zr+2][Cl].[c-]1cccc2c1Cc1ccccc1-2.c1ccc([Si]c2ccccc2)cc1. The van der Waals surface area contributed by atoms with Crippen LogP contribution in [0.2, 0.25) is 0 Å². The minimum atomic E-state index is -0.826. The summed E-state index contributed by atoms with van der Waals surface area (Å²) in [6.45, 7) is 2.23. The fourth-order valence-electron chi connectivity index (χ4n) is 5.81. The molecule has 0 N–H and O–H groups in total. The summed E-state index contributed by atoms with van der Waals surface area (Å²) in [5.74, 6) is 0. The molecule has 0 aromatic heterocycles. The van der Waals surface area contributed by atoms with E-state index in [2.05, 4.69) is 171 Å². The predicted octanol–water partition coefficient (Wildman–Crippen LogP) is 11.0. The van der Waals surface area contributed by atoms with Crippen molar-refractivity contribution in [3.63, 3.8) is 0 Å². The first-order valence-corrected chi connectivity index (χ1v) is 23.2. The van der Waals surface area contributed by atoms with Crippen molar-refractivity contribution in [2.75, 3.05) is 0 Å². The Bertz CT molecular complexity index is 1850. The van der Waals surface area contributed by atoms with Crippen molar-refractivity contribution in [3.8, 4) is 22.3 Å². The second-order valence-corrected chi connectivity index (χ2v) is 16.2. The number of benzene rings is 6. The quantitative estimate of drug-likeness (QED) is 0.122. The topological polar surface area (TPSA) is 0 Å². The number of fused-ring (bicyclic) bond motifs is 4. The van der Waals surface area contributed by atoms with Crippen LogP contribution in [0.15, 0.2) is 164 Å². The summed E-state index contributed by atoms with van der Waals surface area (Å²) in [6, 6.07) is 61.1. The molecule has 1 aliphatic rings. The average molecular weight is 743 g/mol. The first-order chi connectivity index (χ1) is 23.2. The van der Waals surface area contributed by atoms with Gasteiger partial charge in [-0.15, -0.1) is 40.1 Å². The molecule has 8 rings (SSSR count). The largest absolute Gasteiger partial charge is 0.179 e. The molecule has 0 unspecified atom stereocenters. The van der Waals surface area contributed by atoms with Gasteiger partial charge in [-0.25, -0.2) is 0 Å². The molecule has 0 amide bonds. The monoisotopic (exact) mass is 740 g/mol. The van der Waals surface area contributed by atoms with Crippen molar-refractivity contribution in [2.45, 2.75) is 26.2 Å². The molecule has 0 aliphatic heterocycles. The van der Waals surface area contributed by atoms with E-state index < -0.39 is 20.8 Å². The Labute approximate surface area is 301 Å². The van der Waals surface area contributed by atoms with Crippen LogP contribution in [0, 0.1) is 6.07 Å². The van der Waals surface area contributed by atoms with E-state index in [-0.39, 0.29) is 0 Å². The maximum Gasteiger partial charge on any atom is 0.121 e. The number of aryl methyl sites for hydroxylation is 1. The van der Waals surface area contributed by atoms with E-state index in [4.69, 9.17) is 17.0 Å². The molecule has 0 atom stereocenters. The van der Waals surface area contributed by atoms with Gasteiger partial charge in [0.15, 0.2) is 0 Å². The van der Waals surface area contributed by atoms with Gasteiger partial charge in [-0.3, -0.25) is 0 Å². The fourth-order valence-corrected chi connectivity index (χ4v) is 6.86. The van der Waals surface area contributed by atoms with Crippen molar-refractivity contribution in [1.82, 2.24) is 0 Å². The van der Waals surface area contributed by atoms with Crippen molar-refractivity contribution in [1.29, 1.82) is 0 Å².